The van der Waals surface area contributed by atoms with Crippen LogP contribution in [0.4, 0.5) is 34.1 Å². The highest BCUT2D eigenvalue weighted by Gasteiger charge is 2.32. The lowest BCUT2D eigenvalue weighted by Crippen LogP contribution is -2.11. The average molecular weight is 973 g/mol. The van der Waals surface area contributed by atoms with Crippen LogP contribution in [-0.2, 0) is 0 Å². The molecule has 4 heteroatoms. The number of aromatic nitrogens is 2. The summed E-state index contributed by atoms with van der Waals surface area (Å²) in [6.07, 6.45) is 0. The number of nitrogens with zero attached hydrogens (tertiary/aromatic N) is 4. The maximum Gasteiger partial charge on any atom is 0.0973 e. The predicted octanol–water partition coefficient (Wildman–Crippen LogP) is 19.7. The molecule has 0 unspecified atom stereocenters. The van der Waals surface area contributed by atoms with E-state index in [0.29, 0.717) is 0 Å². The third-order valence-corrected chi connectivity index (χ3v) is 16.8. The Hall–Kier alpha value is -9.56. The van der Waals surface area contributed by atoms with Crippen molar-refractivity contribution in [1.29, 1.82) is 0 Å². The van der Waals surface area contributed by atoms with Crippen molar-refractivity contribution in [2.75, 3.05) is 9.80 Å². The van der Waals surface area contributed by atoms with Gasteiger partial charge in [0.1, 0.15) is 0 Å². The van der Waals surface area contributed by atoms with Gasteiger partial charge in [-0.15, -0.1) is 0 Å². The van der Waals surface area contributed by atoms with Crippen molar-refractivity contribution < 1.29 is 0 Å². The van der Waals surface area contributed by atoms with Crippen LogP contribution in [0.5, 0.6) is 0 Å². The number of benzene rings is 10. The highest BCUT2D eigenvalue weighted by Crippen LogP contribution is 2.56. The number of para-hydroxylation sites is 3. The van der Waals surface area contributed by atoms with E-state index >= 15 is 0 Å². The van der Waals surface area contributed by atoms with Gasteiger partial charge in [-0.05, 0) is 165 Å². The lowest BCUT2D eigenvalue weighted by molar-refractivity contribution is 1.22. The van der Waals surface area contributed by atoms with E-state index in [1.54, 1.807) is 0 Å². The summed E-state index contributed by atoms with van der Waals surface area (Å²) in [5, 5.41) is 9.84. The van der Waals surface area contributed by atoms with Crippen LogP contribution in [0.15, 0.2) is 206 Å². The van der Waals surface area contributed by atoms with Crippen LogP contribution in [0.3, 0.4) is 0 Å². The van der Waals surface area contributed by atoms with Crippen molar-refractivity contribution in [3.8, 4) is 22.3 Å². The van der Waals surface area contributed by atoms with E-state index in [2.05, 4.69) is 272 Å². The molecule has 0 aliphatic carbocycles. The van der Waals surface area contributed by atoms with Crippen molar-refractivity contribution in [2.24, 2.45) is 0 Å². The van der Waals surface area contributed by atoms with E-state index in [-0.39, 0.29) is 0 Å². The molecule has 15 aromatic rings. The molecule has 0 aliphatic rings. The van der Waals surface area contributed by atoms with Crippen molar-refractivity contribution in [1.82, 2.24) is 8.80 Å². The van der Waals surface area contributed by atoms with Gasteiger partial charge in [0, 0.05) is 71.3 Å². The van der Waals surface area contributed by atoms with Crippen LogP contribution >= 0.6 is 0 Å². The molecule has 360 valence electrons. The molecule has 4 nitrogen and oxygen atoms in total. The Balaban J connectivity index is 1.13. The van der Waals surface area contributed by atoms with E-state index in [9.17, 15) is 0 Å². The first-order valence-corrected chi connectivity index (χ1v) is 26.4. The van der Waals surface area contributed by atoms with Gasteiger partial charge in [0.25, 0.3) is 0 Å². The molecular weight excluding hydrogens is 921 g/mol. The first-order chi connectivity index (χ1) is 37.3. The molecule has 76 heavy (non-hydrogen) atoms. The maximum absolute atomic E-state index is 3.51. The molecule has 11 aromatic carbocycles. The third-order valence-electron chi connectivity index (χ3n) is 16.8. The van der Waals surface area contributed by atoms with Crippen LogP contribution in [0.25, 0.3) is 98.4 Å². The van der Waals surface area contributed by atoms with Crippen LogP contribution in [0.2, 0.25) is 0 Å². The Kier molecular flexibility index (Phi) is 9.53. The summed E-state index contributed by atoms with van der Waals surface area (Å²) in [6.45, 7) is 13.4. The quantitative estimate of drug-likeness (QED) is 0.151. The lowest BCUT2D eigenvalue weighted by atomic mass is 9.89. The Morgan fingerprint density at radius 2 is 0.750 bits per heavy atom. The summed E-state index contributed by atoms with van der Waals surface area (Å²) < 4.78 is 5.25. The minimum Gasteiger partial charge on any atom is -0.310 e. The van der Waals surface area contributed by atoms with Crippen molar-refractivity contribution in [3.63, 3.8) is 0 Å². The minimum atomic E-state index is 0.947. The summed E-state index contributed by atoms with van der Waals surface area (Å²) in [5.74, 6) is 0. The molecule has 0 spiro atoms. The SMILES string of the molecule is Cc1cc(N(c2c#cccc2)c2cccc3c2c2cccc4c5c(-c6ccccc6)c6c(c(-c7ccccc7)c5n3c24)c2cccc3c4c(N(c5ccccc5)c5cc(C)c(C)c(C)c5)cccc4n6c32)cc(C)c1C. The predicted molar refractivity (Wildman–Crippen MR) is 322 cm³/mol. The van der Waals surface area contributed by atoms with E-state index in [0.717, 1.165) is 39.6 Å². The average Bonchev–Trinajstić information content (AvgIpc) is 4.31. The first-order valence-electron chi connectivity index (χ1n) is 26.4. The lowest BCUT2D eigenvalue weighted by Gasteiger charge is -2.27. The van der Waals surface area contributed by atoms with Crippen LogP contribution < -0.4 is 9.80 Å². The molecule has 0 aliphatic heterocycles. The van der Waals surface area contributed by atoms with E-state index in [4.69, 9.17) is 0 Å². The smallest absolute Gasteiger partial charge is 0.0973 e. The zero-order chi connectivity index (χ0) is 51.1. The van der Waals surface area contributed by atoms with Gasteiger partial charge < -0.3 is 18.6 Å². The molecule has 0 saturated heterocycles. The molecule has 0 N–H and O–H groups in total. The normalized spacial score (nSPS) is 12.0. The Labute approximate surface area is 442 Å². The van der Waals surface area contributed by atoms with Crippen molar-refractivity contribution in [2.45, 2.75) is 41.5 Å². The van der Waals surface area contributed by atoms with Crippen LogP contribution in [0.1, 0.15) is 33.4 Å². The number of aryl methyl sites for hydroxylation is 4. The fourth-order valence-corrected chi connectivity index (χ4v) is 13.1. The number of fused-ring (bicyclic) bond motifs is 12. The first kappa shape index (κ1) is 44.0. The van der Waals surface area contributed by atoms with E-state index in [1.807, 2.05) is 6.07 Å². The van der Waals surface area contributed by atoms with Crippen LogP contribution in [0, 0.1) is 53.7 Å². The van der Waals surface area contributed by atoms with Crippen molar-refractivity contribution >= 4 is 110 Å². The largest absolute Gasteiger partial charge is 0.310 e. The second-order valence-corrected chi connectivity index (χ2v) is 20.9. The summed E-state index contributed by atoms with van der Waals surface area (Å²) in [5.41, 5.74) is 26.4. The summed E-state index contributed by atoms with van der Waals surface area (Å²) >= 11 is 0. The van der Waals surface area contributed by atoms with Crippen molar-refractivity contribution in [3.05, 3.63) is 252 Å². The van der Waals surface area contributed by atoms with Gasteiger partial charge in [-0.1, -0.05) is 140 Å². The summed E-state index contributed by atoms with van der Waals surface area (Å²) in [7, 11) is 0. The van der Waals surface area contributed by atoms with E-state index in [1.165, 1.54) is 126 Å². The number of hydrogen-bond donors (Lipinski definition) is 0. The number of hydrogen-bond acceptors (Lipinski definition) is 2. The topological polar surface area (TPSA) is 15.3 Å². The van der Waals surface area contributed by atoms with E-state index < -0.39 is 0 Å². The standard InChI is InChI=1S/C72H52N4/c1-43-39-53(40-44(2)47(43)5)73(51-27-15-9-16-28-51)59-35-21-37-61-65(59)55-31-19-33-57-67-64(50-25-13-8-14-26-50)72-68(63(49-23-11-7-12-24-49)71(67)75(61)69(55)57)58-34-20-32-56-66-60(36-22-38-62(66)76(72)70(56)58)74(52-29-17-10-18-30-52)54-41-45(3)48(6)46(4)42-54/h7-17,19-29,31-42H,1-6H3. The molecule has 0 saturated carbocycles. The van der Waals surface area contributed by atoms with Gasteiger partial charge in [-0.25, -0.2) is 0 Å². The minimum absolute atomic E-state index is 0.947. The zero-order valence-corrected chi connectivity index (χ0v) is 43.4. The highest BCUT2D eigenvalue weighted by atomic mass is 15.2. The van der Waals surface area contributed by atoms with Gasteiger partial charge >= 0.3 is 0 Å². The van der Waals surface area contributed by atoms with Gasteiger partial charge in [0.15, 0.2) is 0 Å². The zero-order valence-electron chi connectivity index (χ0n) is 43.4. The molecule has 0 bridgehead atoms. The van der Waals surface area contributed by atoms with Gasteiger partial charge in [-0.2, -0.15) is 0 Å². The Bertz CT molecular complexity index is 4440. The molecule has 0 atom stereocenters. The fourth-order valence-electron chi connectivity index (χ4n) is 13.1. The summed E-state index contributed by atoms with van der Waals surface area (Å²) in [4.78, 5) is 4.86. The number of anilines is 6. The Morgan fingerprint density at radius 1 is 0.342 bits per heavy atom. The molecule has 4 heterocycles. The Morgan fingerprint density at radius 3 is 1.20 bits per heavy atom. The monoisotopic (exact) mass is 972 g/mol. The van der Waals surface area contributed by atoms with Crippen LogP contribution in [-0.4, -0.2) is 8.80 Å². The molecule has 0 radical (unpaired) electrons. The molecule has 15 rings (SSSR count). The van der Waals surface area contributed by atoms with Gasteiger partial charge in [0.05, 0.1) is 50.2 Å². The fraction of sp³-hybridized carbons (Fsp3) is 0.0833. The van der Waals surface area contributed by atoms with Gasteiger partial charge in [-0.3, -0.25) is 0 Å². The number of rotatable bonds is 8. The second-order valence-electron chi connectivity index (χ2n) is 20.9. The third kappa shape index (κ3) is 6.09. The maximum atomic E-state index is 3.51. The molecule has 0 fully saturated rings. The van der Waals surface area contributed by atoms with Gasteiger partial charge in [0.2, 0.25) is 0 Å². The highest BCUT2D eigenvalue weighted by molar-refractivity contribution is 6.39. The molecular formula is C72H52N4. The summed E-state index contributed by atoms with van der Waals surface area (Å²) in [6, 6.07) is 83.3. The molecule has 0 amide bonds. The molecule has 4 aromatic heterocycles. The second kappa shape index (κ2) is 16.5.